The van der Waals surface area contributed by atoms with E-state index in [4.69, 9.17) is 22.0 Å². The lowest BCUT2D eigenvalue weighted by Gasteiger charge is -2.08. The Labute approximate surface area is 196 Å². The second-order valence-electron chi connectivity index (χ2n) is 7.13. The van der Waals surface area contributed by atoms with Gasteiger partial charge in [-0.1, -0.05) is 19.8 Å². The fourth-order valence-electron chi connectivity index (χ4n) is 3.37. The quantitative estimate of drug-likeness (QED) is 0.555. The second kappa shape index (κ2) is 11.3. The number of nitrogens with zero attached hydrogens (tertiary/aromatic N) is 3. The fourth-order valence-corrected chi connectivity index (χ4v) is 3.37. The monoisotopic (exact) mass is 473 g/mol. The minimum atomic E-state index is -1.68. The summed E-state index contributed by atoms with van der Waals surface area (Å²) < 4.78 is 21.2. The van der Waals surface area contributed by atoms with Crippen LogP contribution >= 0.6 is 0 Å². The van der Waals surface area contributed by atoms with E-state index in [0.717, 1.165) is 4.68 Å². The number of aromatic nitrogens is 2. The molecule has 3 amide bonds. The molecule has 4 N–H and O–H groups in total. The third-order valence-electron chi connectivity index (χ3n) is 5.04. The molecule has 2 aliphatic rings. The number of alkyl halides is 1. The van der Waals surface area contributed by atoms with Crippen molar-refractivity contribution < 1.29 is 28.6 Å². The second-order valence-corrected chi connectivity index (χ2v) is 7.13. The summed E-state index contributed by atoms with van der Waals surface area (Å²) in [6, 6.07) is 4.77. The number of likely N-dealkylation sites (tertiary alicyclic amines) is 1. The molecule has 0 bridgehead atoms. The number of halogens is 1. The van der Waals surface area contributed by atoms with Crippen LogP contribution in [0.3, 0.4) is 0 Å². The van der Waals surface area contributed by atoms with Gasteiger partial charge in [0.15, 0.2) is 11.9 Å². The minimum Gasteiger partial charge on any atom is -0.488 e. The summed E-state index contributed by atoms with van der Waals surface area (Å²) in [5.41, 5.74) is 5.52. The van der Waals surface area contributed by atoms with Gasteiger partial charge in [0.25, 0.3) is 17.7 Å². The number of rotatable bonds is 2. The van der Waals surface area contributed by atoms with Crippen molar-refractivity contribution >= 4 is 17.7 Å². The topological polar surface area (TPSA) is 140 Å². The molecule has 2 unspecified atom stereocenters. The van der Waals surface area contributed by atoms with Crippen LogP contribution in [0.5, 0.6) is 5.75 Å². The Morgan fingerprint density at radius 3 is 2.53 bits per heavy atom. The first-order chi connectivity index (χ1) is 16.2. The Morgan fingerprint density at radius 1 is 1.38 bits per heavy atom. The number of fused-ring (bicyclic) bond motifs is 3. The zero-order chi connectivity index (χ0) is 25.6. The molecule has 0 spiro atoms. The van der Waals surface area contributed by atoms with Crippen LogP contribution in [-0.4, -0.2) is 70.9 Å². The van der Waals surface area contributed by atoms with Crippen LogP contribution in [0.4, 0.5) is 4.39 Å². The number of nitrogens with one attached hydrogen (secondary N) is 1. The van der Waals surface area contributed by atoms with Gasteiger partial charge in [0.1, 0.15) is 24.1 Å². The van der Waals surface area contributed by atoms with Gasteiger partial charge in [-0.15, -0.1) is 6.42 Å². The molecule has 0 radical (unpaired) electrons. The summed E-state index contributed by atoms with van der Waals surface area (Å²) in [7, 11) is 3.06. The first-order valence-electron chi connectivity index (χ1n) is 10.6. The molecule has 34 heavy (non-hydrogen) atoms. The maximum Gasteiger partial charge on any atom is 0.270 e. The molecule has 1 fully saturated rings. The molecule has 11 heteroatoms. The van der Waals surface area contributed by atoms with E-state index in [2.05, 4.69) is 16.3 Å². The first-order valence-corrected chi connectivity index (χ1v) is 10.6. The number of benzene rings is 1. The molecular formula is C23H28FN5O5. The van der Waals surface area contributed by atoms with E-state index in [1.54, 1.807) is 25.2 Å². The van der Waals surface area contributed by atoms with E-state index in [9.17, 15) is 18.8 Å². The van der Waals surface area contributed by atoms with Crippen molar-refractivity contribution in [3.63, 3.8) is 0 Å². The molecule has 0 aliphatic carbocycles. The van der Waals surface area contributed by atoms with E-state index in [0.29, 0.717) is 30.0 Å². The average molecular weight is 474 g/mol. The van der Waals surface area contributed by atoms with Crippen LogP contribution in [0, 0.1) is 12.3 Å². The standard InChI is InChI=1S/C16H13FN4O3.C5H9NO2.C2H6/c1-3-8-4-5-11-10(6-8)21-14(9(17)7-24-11)12(16(23)19-2)13(20-21)15(18)22;1-6-3-2-4(7)5(6)8;1-2/h1,4-6,9H,7H2,2H3,(H2,18,22)(H,19,23);4,7H,2-3H2,1H3;1-2H3. The molecule has 1 aromatic carbocycles. The number of likely N-dealkylation sites (N-methyl/N-ethyl adjacent to an activating group) is 1. The number of carbonyl (C=O) groups excluding carboxylic acids is 3. The van der Waals surface area contributed by atoms with E-state index < -0.39 is 24.1 Å². The number of ether oxygens (including phenoxy) is 1. The van der Waals surface area contributed by atoms with Crippen LogP contribution in [0.2, 0.25) is 0 Å². The summed E-state index contributed by atoms with van der Waals surface area (Å²) in [5.74, 6) is 1.04. The predicted molar refractivity (Wildman–Crippen MR) is 122 cm³/mol. The number of hydrogen-bond acceptors (Lipinski definition) is 6. The SMILES string of the molecule is C#Cc1ccc2c(c1)-n1nc(C(N)=O)c(C(=O)NC)c1C(F)CO2.CC.CN1CCC(O)C1=O. The highest BCUT2D eigenvalue weighted by Gasteiger charge is 2.34. The molecular weight excluding hydrogens is 445 g/mol. The molecule has 10 nitrogen and oxygen atoms in total. The number of aliphatic hydroxyl groups excluding tert-OH is 1. The zero-order valence-corrected chi connectivity index (χ0v) is 19.5. The smallest absolute Gasteiger partial charge is 0.270 e. The number of amides is 3. The molecule has 2 aromatic rings. The molecule has 3 heterocycles. The number of aliphatic hydroxyl groups is 1. The Morgan fingerprint density at radius 2 is 2.06 bits per heavy atom. The number of primary amides is 1. The van der Waals surface area contributed by atoms with Crippen LogP contribution < -0.4 is 15.8 Å². The number of nitrogens with two attached hydrogens (primary N) is 1. The van der Waals surface area contributed by atoms with Crippen molar-refractivity contribution in [2.75, 3.05) is 27.2 Å². The fraction of sp³-hybridized carbons (Fsp3) is 0.391. The molecule has 0 saturated carbocycles. The lowest BCUT2D eigenvalue weighted by molar-refractivity contribution is -0.133. The number of carbonyl (C=O) groups is 3. The Bertz CT molecular complexity index is 1110. The highest BCUT2D eigenvalue weighted by molar-refractivity contribution is 6.06. The van der Waals surface area contributed by atoms with Crippen LogP contribution in [0.1, 0.15) is 58.5 Å². The van der Waals surface area contributed by atoms with E-state index in [-0.39, 0.29) is 29.5 Å². The van der Waals surface area contributed by atoms with Gasteiger partial charge < -0.3 is 25.8 Å². The average Bonchev–Trinajstić information content (AvgIpc) is 3.35. The molecule has 1 saturated heterocycles. The Kier molecular flexibility index (Phi) is 8.75. The third-order valence-corrected chi connectivity index (χ3v) is 5.04. The predicted octanol–water partition coefficient (Wildman–Crippen LogP) is 0.951. The summed E-state index contributed by atoms with van der Waals surface area (Å²) in [6.45, 7) is 4.36. The van der Waals surface area contributed by atoms with Crippen molar-refractivity contribution in [3.8, 4) is 23.8 Å². The van der Waals surface area contributed by atoms with Gasteiger partial charge in [0.05, 0.1) is 11.3 Å². The van der Waals surface area contributed by atoms with E-state index in [1.807, 2.05) is 13.8 Å². The molecule has 1 aromatic heterocycles. The lowest BCUT2D eigenvalue weighted by atomic mass is 10.1. The summed E-state index contributed by atoms with van der Waals surface area (Å²) in [6.07, 6.45) is 3.58. The van der Waals surface area contributed by atoms with Crippen LogP contribution in [0.15, 0.2) is 18.2 Å². The van der Waals surface area contributed by atoms with Crippen LogP contribution in [-0.2, 0) is 4.79 Å². The van der Waals surface area contributed by atoms with Crippen molar-refractivity contribution in [1.82, 2.24) is 20.0 Å². The van der Waals surface area contributed by atoms with Gasteiger partial charge in [-0.05, 0) is 24.6 Å². The summed E-state index contributed by atoms with van der Waals surface area (Å²) in [5, 5.41) is 15.2. The maximum absolute atomic E-state index is 14.7. The normalized spacial score (nSPS) is 17.9. The largest absolute Gasteiger partial charge is 0.488 e. The van der Waals surface area contributed by atoms with Crippen LogP contribution in [0.25, 0.3) is 5.69 Å². The van der Waals surface area contributed by atoms with Gasteiger partial charge in [-0.25, -0.2) is 9.07 Å². The first kappa shape index (κ1) is 26.3. The number of hydrogen-bond donors (Lipinski definition) is 3. The Balaban J connectivity index is 0.000000343. The Hall–Kier alpha value is -3.91. The van der Waals surface area contributed by atoms with E-state index >= 15 is 0 Å². The summed E-state index contributed by atoms with van der Waals surface area (Å²) in [4.78, 5) is 35.9. The van der Waals surface area contributed by atoms with E-state index in [1.165, 1.54) is 11.9 Å². The van der Waals surface area contributed by atoms with Crippen molar-refractivity contribution in [2.45, 2.75) is 32.5 Å². The summed E-state index contributed by atoms with van der Waals surface area (Å²) >= 11 is 0. The van der Waals surface area contributed by atoms with Gasteiger partial charge >= 0.3 is 0 Å². The lowest BCUT2D eigenvalue weighted by Crippen LogP contribution is -2.24. The van der Waals surface area contributed by atoms with Crippen molar-refractivity contribution in [2.24, 2.45) is 5.73 Å². The number of terminal acetylenes is 1. The third kappa shape index (κ3) is 5.18. The highest BCUT2D eigenvalue weighted by Crippen LogP contribution is 2.35. The zero-order valence-electron chi connectivity index (χ0n) is 19.5. The van der Waals surface area contributed by atoms with Gasteiger partial charge in [-0.2, -0.15) is 5.10 Å². The van der Waals surface area contributed by atoms with Crippen molar-refractivity contribution in [3.05, 3.63) is 40.7 Å². The van der Waals surface area contributed by atoms with Gasteiger partial charge in [-0.3, -0.25) is 14.4 Å². The van der Waals surface area contributed by atoms with Crippen molar-refractivity contribution in [1.29, 1.82) is 0 Å². The maximum atomic E-state index is 14.7. The van der Waals surface area contributed by atoms with Gasteiger partial charge in [0.2, 0.25) is 0 Å². The molecule has 182 valence electrons. The minimum absolute atomic E-state index is 0.101. The molecule has 4 rings (SSSR count). The highest BCUT2D eigenvalue weighted by atomic mass is 19.1. The van der Waals surface area contributed by atoms with Gasteiger partial charge in [0, 0.05) is 26.2 Å². The molecule has 2 atom stereocenters. The molecule has 2 aliphatic heterocycles.